The Balaban J connectivity index is 2.60. The minimum Gasteiger partial charge on any atom is -0.481 e. The van der Waals surface area contributed by atoms with Crippen LogP contribution >= 0.6 is 0 Å². The Bertz CT molecular complexity index is 369. The summed E-state index contributed by atoms with van der Waals surface area (Å²) in [6, 6.07) is 3.72. The van der Waals surface area contributed by atoms with Crippen molar-refractivity contribution in [2.24, 2.45) is 0 Å². The van der Waals surface area contributed by atoms with Crippen molar-refractivity contribution in [1.29, 1.82) is 0 Å². The molecule has 0 saturated carbocycles. The summed E-state index contributed by atoms with van der Waals surface area (Å²) in [6.45, 7) is 0.924. The molecule has 0 atom stereocenters. The second kappa shape index (κ2) is 6.85. The molecule has 0 saturated heterocycles. The van der Waals surface area contributed by atoms with Gasteiger partial charge in [0.1, 0.15) is 0 Å². The lowest BCUT2D eigenvalue weighted by Gasteiger charge is -2.18. The Morgan fingerprint density at radius 3 is 2.88 bits per heavy atom. The molecule has 5 heteroatoms. The highest BCUT2D eigenvalue weighted by Crippen LogP contribution is 2.15. The Hall–Kier alpha value is -1.62. The van der Waals surface area contributed by atoms with E-state index in [-0.39, 0.29) is 5.91 Å². The summed E-state index contributed by atoms with van der Waals surface area (Å²) >= 11 is 0. The molecule has 0 radical (unpaired) electrons. The molecule has 0 fully saturated rings. The van der Waals surface area contributed by atoms with E-state index in [0.29, 0.717) is 25.5 Å². The van der Waals surface area contributed by atoms with Crippen LogP contribution in [-0.4, -0.2) is 43.7 Å². The van der Waals surface area contributed by atoms with Gasteiger partial charge in [0, 0.05) is 25.9 Å². The van der Waals surface area contributed by atoms with E-state index in [1.165, 1.54) is 0 Å². The van der Waals surface area contributed by atoms with Gasteiger partial charge < -0.3 is 14.4 Å². The van der Waals surface area contributed by atoms with Crippen molar-refractivity contribution < 1.29 is 14.3 Å². The van der Waals surface area contributed by atoms with E-state index in [1.54, 1.807) is 32.4 Å². The molecule has 0 bridgehead atoms. The summed E-state index contributed by atoms with van der Waals surface area (Å²) in [5, 5.41) is 0. The molecular weight excluding hydrogens is 220 g/mol. The average molecular weight is 238 g/mol. The number of carbonyl (C=O) groups excluding carboxylic acids is 1. The third-order valence-electron chi connectivity index (χ3n) is 2.40. The zero-order valence-electron chi connectivity index (χ0n) is 10.5. The average Bonchev–Trinajstić information content (AvgIpc) is 2.36. The van der Waals surface area contributed by atoms with Gasteiger partial charge in [-0.1, -0.05) is 6.07 Å². The maximum absolute atomic E-state index is 11.7. The van der Waals surface area contributed by atoms with Crippen LogP contribution in [0.1, 0.15) is 12.0 Å². The highest BCUT2D eigenvalue weighted by molar-refractivity contribution is 5.76. The number of hydrogen-bond acceptors (Lipinski definition) is 4. The van der Waals surface area contributed by atoms with Gasteiger partial charge in [0.05, 0.1) is 26.7 Å². The smallest absolute Gasteiger partial charge is 0.224 e. The standard InChI is InChI=1S/C12H18N2O3/c1-14(11(15)6-8-16-2)9-10-5-4-7-13-12(10)17-3/h4-5,7H,6,8-9H2,1-3H3. The maximum Gasteiger partial charge on any atom is 0.224 e. The van der Waals surface area contributed by atoms with Gasteiger partial charge in [0.15, 0.2) is 0 Å². The molecular formula is C12H18N2O3. The molecule has 0 unspecified atom stereocenters. The molecule has 0 spiro atoms. The Labute approximate surface area is 101 Å². The fourth-order valence-corrected chi connectivity index (χ4v) is 1.45. The van der Waals surface area contributed by atoms with E-state index in [1.807, 2.05) is 12.1 Å². The normalized spacial score (nSPS) is 10.1. The zero-order valence-corrected chi connectivity index (χ0v) is 10.5. The van der Waals surface area contributed by atoms with Gasteiger partial charge in [0.25, 0.3) is 0 Å². The molecule has 1 aromatic heterocycles. The van der Waals surface area contributed by atoms with Gasteiger partial charge in [-0.15, -0.1) is 0 Å². The molecule has 17 heavy (non-hydrogen) atoms. The molecule has 1 amide bonds. The first-order valence-electron chi connectivity index (χ1n) is 5.39. The summed E-state index contributed by atoms with van der Waals surface area (Å²) < 4.78 is 10.0. The van der Waals surface area contributed by atoms with Crippen molar-refractivity contribution in [1.82, 2.24) is 9.88 Å². The molecule has 1 rings (SSSR count). The molecule has 0 N–H and O–H groups in total. The molecule has 1 aromatic rings. The molecule has 0 aliphatic carbocycles. The van der Waals surface area contributed by atoms with Crippen molar-refractivity contribution in [3.8, 4) is 5.88 Å². The second-order valence-electron chi connectivity index (χ2n) is 3.66. The van der Waals surface area contributed by atoms with E-state index in [4.69, 9.17) is 9.47 Å². The zero-order chi connectivity index (χ0) is 12.7. The van der Waals surface area contributed by atoms with Crippen LogP contribution in [0.15, 0.2) is 18.3 Å². The first-order chi connectivity index (χ1) is 8.19. The fourth-order valence-electron chi connectivity index (χ4n) is 1.45. The number of rotatable bonds is 6. The van der Waals surface area contributed by atoms with Crippen LogP contribution in [0, 0.1) is 0 Å². The predicted octanol–water partition coefficient (Wildman–Crippen LogP) is 1.09. The summed E-state index contributed by atoms with van der Waals surface area (Å²) in [7, 11) is 4.90. The first-order valence-corrected chi connectivity index (χ1v) is 5.39. The van der Waals surface area contributed by atoms with Crippen LogP contribution in [0.2, 0.25) is 0 Å². The third-order valence-corrected chi connectivity index (χ3v) is 2.40. The molecule has 5 nitrogen and oxygen atoms in total. The van der Waals surface area contributed by atoms with Crippen molar-refractivity contribution in [2.75, 3.05) is 27.9 Å². The summed E-state index contributed by atoms with van der Waals surface area (Å²) in [5.74, 6) is 0.594. The van der Waals surface area contributed by atoms with Gasteiger partial charge in [-0.3, -0.25) is 4.79 Å². The van der Waals surface area contributed by atoms with Gasteiger partial charge in [-0.25, -0.2) is 4.98 Å². The van der Waals surface area contributed by atoms with Crippen LogP contribution in [0.5, 0.6) is 5.88 Å². The highest BCUT2D eigenvalue weighted by Gasteiger charge is 2.11. The Morgan fingerprint density at radius 2 is 2.24 bits per heavy atom. The topological polar surface area (TPSA) is 51.7 Å². The van der Waals surface area contributed by atoms with Gasteiger partial charge in [-0.05, 0) is 6.07 Å². The molecule has 0 aromatic carbocycles. The van der Waals surface area contributed by atoms with Crippen molar-refractivity contribution >= 4 is 5.91 Å². The molecule has 94 valence electrons. The molecule has 0 aliphatic heterocycles. The van der Waals surface area contributed by atoms with E-state index in [9.17, 15) is 4.79 Å². The maximum atomic E-state index is 11.7. The number of aromatic nitrogens is 1. The largest absolute Gasteiger partial charge is 0.481 e. The van der Waals surface area contributed by atoms with E-state index in [0.717, 1.165) is 5.56 Å². The predicted molar refractivity (Wildman–Crippen MR) is 63.8 cm³/mol. The lowest BCUT2D eigenvalue weighted by molar-refractivity contribution is -0.131. The Kier molecular flexibility index (Phi) is 5.42. The molecule has 0 aliphatic rings. The van der Waals surface area contributed by atoms with E-state index in [2.05, 4.69) is 4.98 Å². The SMILES string of the molecule is COCCC(=O)N(C)Cc1cccnc1OC. The van der Waals surface area contributed by atoms with Crippen LogP contribution in [0.25, 0.3) is 0 Å². The monoisotopic (exact) mass is 238 g/mol. The molecule has 1 heterocycles. The Morgan fingerprint density at radius 1 is 1.47 bits per heavy atom. The van der Waals surface area contributed by atoms with Crippen LogP contribution in [-0.2, 0) is 16.1 Å². The minimum absolute atomic E-state index is 0.0396. The summed E-state index contributed by atoms with van der Waals surface area (Å²) in [5.41, 5.74) is 0.892. The lowest BCUT2D eigenvalue weighted by Crippen LogP contribution is -2.27. The van der Waals surface area contributed by atoms with Crippen molar-refractivity contribution in [3.05, 3.63) is 23.9 Å². The van der Waals surface area contributed by atoms with Gasteiger partial charge in [-0.2, -0.15) is 0 Å². The van der Waals surface area contributed by atoms with Crippen LogP contribution < -0.4 is 4.74 Å². The number of methoxy groups -OCH3 is 2. The number of carbonyl (C=O) groups is 1. The number of pyridine rings is 1. The third kappa shape index (κ3) is 4.03. The highest BCUT2D eigenvalue weighted by atomic mass is 16.5. The number of amides is 1. The fraction of sp³-hybridized carbons (Fsp3) is 0.500. The van der Waals surface area contributed by atoms with Gasteiger partial charge in [0.2, 0.25) is 11.8 Å². The van der Waals surface area contributed by atoms with Crippen LogP contribution in [0.4, 0.5) is 0 Å². The number of nitrogens with zero attached hydrogens (tertiary/aromatic N) is 2. The lowest BCUT2D eigenvalue weighted by atomic mass is 10.2. The van der Waals surface area contributed by atoms with E-state index >= 15 is 0 Å². The van der Waals surface area contributed by atoms with Crippen LogP contribution in [0.3, 0.4) is 0 Å². The quantitative estimate of drug-likeness (QED) is 0.744. The van der Waals surface area contributed by atoms with Gasteiger partial charge >= 0.3 is 0 Å². The number of hydrogen-bond donors (Lipinski definition) is 0. The van der Waals surface area contributed by atoms with E-state index < -0.39 is 0 Å². The summed E-state index contributed by atoms with van der Waals surface area (Å²) in [6.07, 6.45) is 2.05. The summed E-state index contributed by atoms with van der Waals surface area (Å²) in [4.78, 5) is 17.4. The second-order valence-corrected chi connectivity index (χ2v) is 3.66. The van der Waals surface area contributed by atoms with Crippen molar-refractivity contribution in [3.63, 3.8) is 0 Å². The first kappa shape index (κ1) is 13.4. The van der Waals surface area contributed by atoms with Crippen molar-refractivity contribution in [2.45, 2.75) is 13.0 Å². The minimum atomic E-state index is 0.0396. The number of ether oxygens (including phenoxy) is 2.